The summed E-state index contributed by atoms with van der Waals surface area (Å²) in [5.74, 6) is 0. The van der Waals surface area contributed by atoms with Gasteiger partial charge in [0.2, 0.25) is 0 Å². The van der Waals surface area contributed by atoms with Crippen molar-refractivity contribution in [3.63, 3.8) is 0 Å². The number of hydrogen-bond acceptors (Lipinski definition) is 6. The summed E-state index contributed by atoms with van der Waals surface area (Å²) in [7, 11) is -1.88. The van der Waals surface area contributed by atoms with Gasteiger partial charge < -0.3 is 19.7 Å². The van der Waals surface area contributed by atoms with Crippen LogP contribution >= 0.6 is 0 Å². The molecule has 3 N–H and O–H groups in total. The van der Waals surface area contributed by atoms with Crippen molar-refractivity contribution in [2.75, 3.05) is 6.61 Å². The van der Waals surface area contributed by atoms with Crippen molar-refractivity contribution in [1.82, 2.24) is 9.55 Å². The summed E-state index contributed by atoms with van der Waals surface area (Å²) in [6.45, 7) is 9.52. The molecule has 4 atom stereocenters. The number of aromatic amines is 1. The monoisotopic (exact) mass is 358 g/mol. The average Bonchev–Trinajstić information content (AvgIpc) is 2.70. The first-order valence-corrected chi connectivity index (χ1v) is 10.9. The molecule has 9 heteroatoms. The first-order chi connectivity index (χ1) is 11.0. The molecule has 8 nitrogen and oxygen atoms in total. The van der Waals surface area contributed by atoms with Crippen molar-refractivity contribution in [3.8, 4) is 0 Å². The Morgan fingerprint density at radius 1 is 1.38 bits per heavy atom. The van der Waals surface area contributed by atoms with Gasteiger partial charge in [-0.15, -0.1) is 0 Å². The van der Waals surface area contributed by atoms with E-state index >= 15 is 0 Å². The Bertz CT molecular complexity index is 694. The predicted molar refractivity (Wildman–Crippen MR) is 90.8 cm³/mol. The number of aliphatic hydroxyl groups is 2. The van der Waals surface area contributed by atoms with Gasteiger partial charge in [0.1, 0.15) is 18.3 Å². The van der Waals surface area contributed by atoms with Gasteiger partial charge in [-0.05, 0) is 20.8 Å². The minimum atomic E-state index is -1.88. The number of nitrogens with one attached hydrogen (secondary N) is 1. The van der Waals surface area contributed by atoms with E-state index in [1.165, 1.54) is 16.8 Å². The molecule has 0 unspecified atom stereocenters. The molecule has 0 amide bonds. The Hall–Kier alpha value is -1.26. The zero-order chi connectivity index (χ0) is 18.3. The molecule has 2 heterocycles. The second-order valence-electron chi connectivity index (χ2n) is 7.40. The molecule has 1 aliphatic rings. The molecule has 24 heavy (non-hydrogen) atoms. The summed E-state index contributed by atoms with van der Waals surface area (Å²) < 4.78 is 12.9. The maximum absolute atomic E-state index is 12.2. The van der Waals surface area contributed by atoms with Crippen LogP contribution in [0.3, 0.4) is 0 Å². The fraction of sp³-hybridized carbons (Fsp3) is 0.733. The number of hydrogen-bond donors (Lipinski definition) is 3. The largest absolute Gasteiger partial charge is 0.387 e. The summed E-state index contributed by atoms with van der Waals surface area (Å²) in [4.78, 5) is 25.7. The Labute approximate surface area is 141 Å². The Kier molecular flexibility index (Phi) is 5.21. The highest BCUT2D eigenvalue weighted by Crippen LogP contribution is 2.37. The molecule has 1 saturated heterocycles. The van der Waals surface area contributed by atoms with E-state index in [0.717, 1.165) is 0 Å². The Morgan fingerprint density at radius 3 is 2.50 bits per heavy atom. The van der Waals surface area contributed by atoms with Crippen LogP contribution in [0.1, 0.15) is 20.8 Å². The Balaban J connectivity index is 2.43. The SMILES string of the molecule is C[SiH](C)[C@@]1(n2ccc(=O)[nH]c2=O)O[C@H](COC(C)(C)C)[C@@H](O)[C@H]1O. The van der Waals surface area contributed by atoms with Crippen molar-refractivity contribution in [2.45, 2.75) is 63.1 Å². The second-order valence-corrected chi connectivity index (χ2v) is 10.5. The smallest absolute Gasteiger partial charge is 0.330 e. The topological polar surface area (TPSA) is 114 Å². The van der Waals surface area contributed by atoms with Crippen LogP contribution in [0.2, 0.25) is 13.1 Å². The lowest BCUT2D eigenvalue weighted by atomic mass is 10.1. The lowest BCUT2D eigenvalue weighted by molar-refractivity contribution is -0.121. The van der Waals surface area contributed by atoms with Gasteiger partial charge in [0.25, 0.3) is 5.56 Å². The van der Waals surface area contributed by atoms with E-state index in [2.05, 4.69) is 4.98 Å². The third-order valence-corrected chi connectivity index (χ3v) is 6.59. The highest BCUT2D eigenvalue weighted by atomic mass is 28.3. The molecule has 1 aliphatic heterocycles. The van der Waals surface area contributed by atoms with Crippen molar-refractivity contribution < 1.29 is 19.7 Å². The van der Waals surface area contributed by atoms with Crippen LogP contribution in [0.5, 0.6) is 0 Å². The van der Waals surface area contributed by atoms with Gasteiger partial charge in [-0.1, -0.05) is 13.1 Å². The van der Waals surface area contributed by atoms with Crippen molar-refractivity contribution in [2.24, 2.45) is 0 Å². The van der Waals surface area contributed by atoms with Gasteiger partial charge in [0.05, 0.1) is 21.0 Å². The zero-order valence-corrected chi connectivity index (χ0v) is 15.8. The second kappa shape index (κ2) is 6.56. The summed E-state index contributed by atoms with van der Waals surface area (Å²) in [5.41, 5.74) is -1.63. The van der Waals surface area contributed by atoms with Crippen LogP contribution in [0.25, 0.3) is 0 Å². The first-order valence-electron chi connectivity index (χ1n) is 7.99. The van der Waals surface area contributed by atoms with Crippen LogP contribution in [-0.2, 0) is 14.8 Å². The molecule has 0 spiro atoms. The summed E-state index contributed by atoms with van der Waals surface area (Å²) >= 11 is 0. The third-order valence-electron chi connectivity index (χ3n) is 4.18. The van der Waals surface area contributed by atoms with E-state index in [0.29, 0.717) is 0 Å². The highest BCUT2D eigenvalue weighted by Gasteiger charge is 2.57. The highest BCUT2D eigenvalue weighted by molar-refractivity contribution is 6.58. The molecule has 136 valence electrons. The lowest BCUT2D eigenvalue weighted by Gasteiger charge is -2.37. The van der Waals surface area contributed by atoms with Crippen molar-refractivity contribution in [1.29, 1.82) is 0 Å². The number of rotatable bonds is 4. The average molecular weight is 358 g/mol. The number of H-pyrrole nitrogens is 1. The number of nitrogens with zero attached hydrogens (tertiary/aromatic N) is 1. The molecular weight excluding hydrogens is 332 g/mol. The fourth-order valence-corrected chi connectivity index (χ4v) is 5.03. The maximum atomic E-state index is 12.2. The molecule has 2 rings (SSSR count). The zero-order valence-electron chi connectivity index (χ0n) is 14.6. The van der Waals surface area contributed by atoms with Crippen LogP contribution in [0.15, 0.2) is 21.9 Å². The molecular formula is C15H26N2O6Si. The molecule has 0 bridgehead atoms. The van der Waals surface area contributed by atoms with Gasteiger partial charge in [0, 0.05) is 12.3 Å². The van der Waals surface area contributed by atoms with E-state index in [1.54, 1.807) is 0 Å². The quantitative estimate of drug-likeness (QED) is 0.604. The fourth-order valence-electron chi connectivity index (χ4n) is 2.94. The molecule has 1 aromatic rings. The van der Waals surface area contributed by atoms with Crippen molar-refractivity contribution in [3.05, 3.63) is 33.1 Å². The summed E-state index contributed by atoms with van der Waals surface area (Å²) in [6.07, 6.45) is -1.95. The Morgan fingerprint density at radius 2 is 2.00 bits per heavy atom. The van der Waals surface area contributed by atoms with E-state index in [1.807, 2.05) is 33.9 Å². The molecule has 1 fully saturated rings. The van der Waals surface area contributed by atoms with E-state index in [4.69, 9.17) is 9.47 Å². The van der Waals surface area contributed by atoms with Gasteiger partial charge >= 0.3 is 5.69 Å². The van der Waals surface area contributed by atoms with Crippen LogP contribution in [0, 0.1) is 0 Å². The van der Waals surface area contributed by atoms with Gasteiger partial charge in [-0.3, -0.25) is 14.3 Å². The molecule has 0 aliphatic carbocycles. The van der Waals surface area contributed by atoms with E-state index < -0.39 is 49.3 Å². The van der Waals surface area contributed by atoms with Crippen molar-refractivity contribution >= 4 is 8.80 Å². The standard InChI is InChI=1S/C15H26N2O6Si/c1-14(2,3)22-8-9-11(19)12(20)15(23-9,24(4)5)17-7-6-10(18)16-13(17)21/h6-7,9,11-12,19-20,24H,8H2,1-5H3,(H,16,18,21)/t9-,11-,12-,15+/m1/s1. The van der Waals surface area contributed by atoms with E-state index in [-0.39, 0.29) is 6.61 Å². The lowest BCUT2D eigenvalue weighted by Crippen LogP contribution is -2.58. The number of aliphatic hydroxyl groups excluding tert-OH is 2. The van der Waals surface area contributed by atoms with E-state index in [9.17, 15) is 19.8 Å². The summed E-state index contributed by atoms with van der Waals surface area (Å²) in [5, 5.41) is 19.7. The maximum Gasteiger partial charge on any atom is 0.330 e. The third kappa shape index (κ3) is 3.40. The van der Waals surface area contributed by atoms with Gasteiger partial charge in [-0.2, -0.15) is 0 Å². The summed E-state index contributed by atoms with van der Waals surface area (Å²) in [6, 6.07) is 1.20. The number of aromatic nitrogens is 2. The molecule has 1 aromatic heterocycles. The van der Waals surface area contributed by atoms with Crippen LogP contribution in [0.4, 0.5) is 0 Å². The minimum Gasteiger partial charge on any atom is -0.387 e. The van der Waals surface area contributed by atoms with Gasteiger partial charge in [-0.25, -0.2) is 4.79 Å². The molecule has 0 aromatic carbocycles. The molecule has 0 radical (unpaired) electrons. The first kappa shape index (κ1) is 19.1. The van der Waals surface area contributed by atoms with Crippen LogP contribution < -0.4 is 11.2 Å². The van der Waals surface area contributed by atoms with Gasteiger partial charge in [0.15, 0.2) is 5.35 Å². The predicted octanol–water partition coefficient (Wildman–Crippen LogP) is -0.849. The normalized spacial score (nSPS) is 30.9. The molecule has 0 saturated carbocycles. The minimum absolute atomic E-state index is 0.0860. The number of ether oxygens (including phenoxy) is 2. The van der Waals surface area contributed by atoms with Crippen LogP contribution in [-0.4, -0.2) is 59.1 Å².